The van der Waals surface area contributed by atoms with Crippen molar-refractivity contribution in [2.75, 3.05) is 32.9 Å². The van der Waals surface area contributed by atoms with Crippen molar-refractivity contribution in [3.05, 3.63) is 30.1 Å². The van der Waals surface area contributed by atoms with E-state index >= 15 is 0 Å². The van der Waals surface area contributed by atoms with Gasteiger partial charge < -0.3 is 5.32 Å². The Kier molecular flexibility index (Phi) is 5.54. The molecule has 0 radical (unpaired) electrons. The highest BCUT2D eigenvalue weighted by molar-refractivity contribution is 7.89. The second-order valence-electron chi connectivity index (χ2n) is 3.81. The van der Waals surface area contributed by atoms with Gasteiger partial charge in [-0.05, 0) is 19.2 Å². The Bertz CT molecular complexity index is 420. The van der Waals surface area contributed by atoms with Crippen LogP contribution in [0.3, 0.4) is 0 Å². The van der Waals surface area contributed by atoms with Crippen LogP contribution in [-0.4, -0.2) is 50.6 Å². The van der Waals surface area contributed by atoms with Gasteiger partial charge in [0.1, 0.15) is 0 Å². The minimum absolute atomic E-state index is 0.127. The summed E-state index contributed by atoms with van der Waals surface area (Å²) in [4.78, 5) is 4.16. The summed E-state index contributed by atoms with van der Waals surface area (Å²) in [6.45, 7) is 0.930. The predicted octanol–water partition coefficient (Wildman–Crippen LogP) is 0.105. The van der Waals surface area contributed by atoms with E-state index in [0.29, 0.717) is 19.5 Å². The second-order valence-corrected chi connectivity index (χ2v) is 6.01. The Morgan fingerprint density at radius 1 is 1.41 bits per heavy atom. The van der Waals surface area contributed by atoms with E-state index in [9.17, 15) is 8.42 Å². The van der Waals surface area contributed by atoms with Crippen LogP contribution in [0.15, 0.2) is 24.4 Å². The number of hydrogen-bond donors (Lipinski definition) is 1. The van der Waals surface area contributed by atoms with Gasteiger partial charge >= 0.3 is 0 Å². The Labute approximate surface area is 103 Å². The van der Waals surface area contributed by atoms with Crippen LogP contribution in [0.1, 0.15) is 5.69 Å². The molecule has 0 spiro atoms. The van der Waals surface area contributed by atoms with Crippen molar-refractivity contribution in [3.63, 3.8) is 0 Å². The van der Waals surface area contributed by atoms with Gasteiger partial charge in [0.2, 0.25) is 10.0 Å². The molecule has 0 atom stereocenters. The summed E-state index contributed by atoms with van der Waals surface area (Å²) in [5.41, 5.74) is 0.906. The fourth-order valence-corrected chi connectivity index (χ4v) is 2.49. The molecule has 0 amide bonds. The van der Waals surface area contributed by atoms with Gasteiger partial charge in [-0.3, -0.25) is 4.98 Å². The molecule has 0 aliphatic carbocycles. The molecule has 0 unspecified atom stereocenters. The standard InChI is InChI=1S/C11H19N3O2S/c1-12-8-10-17(15,16)14(2)9-6-11-5-3-4-7-13-11/h3-5,7,12H,6,8-10H2,1-2H3. The summed E-state index contributed by atoms with van der Waals surface area (Å²) in [5, 5.41) is 2.83. The van der Waals surface area contributed by atoms with Gasteiger partial charge in [0.25, 0.3) is 0 Å². The van der Waals surface area contributed by atoms with E-state index in [2.05, 4.69) is 10.3 Å². The lowest BCUT2D eigenvalue weighted by molar-refractivity contribution is 0.470. The van der Waals surface area contributed by atoms with E-state index in [1.807, 2.05) is 18.2 Å². The molecule has 5 nitrogen and oxygen atoms in total. The predicted molar refractivity (Wildman–Crippen MR) is 68.3 cm³/mol. The molecule has 0 fully saturated rings. The molecule has 0 aromatic carbocycles. The maximum Gasteiger partial charge on any atom is 0.215 e. The number of hydrogen-bond acceptors (Lipinski definition) is 4. The molecule has 17 heavy (non-hydrogen) atoms. The van der Waals surface area contributed by atoms with Crippen LogP contribution in [0.4, 0.5) is 0 Å². The number of sulfonamides is 1. The average Bonchev–Trinajstić information content (AvgIpc) is 2.34. The number of rotatable bonds is 7. The lowest BCUT2D eigenvalue weighted by Gasteiger charge is -2.16. The Hall–Kier alpha value is -0.980. The minimum atomic E-state index is -3.15. The molecule has 0 bridgehead atoms. The fourth-order valence-electron chi connectivity index (χ4n) is 1.34. The van der Waals surface area contributed by atoms with Crippen molar-refractivity contribution in [3.8, 4) is 0 Å². The molecular weight excluding hydrogens is 238 g/mol. The van der Waals surface area contributed by atoms with E-state index in [0.717, 1.165) is 5.69 Å². The molecule has 1 aromatic rings. The van der Waals surface area contributed by atoms with Crippen molar-refractivity contribution in [2.24, 2.45) is 0 Å². The van der Waals surface area contributed by atoms with Crippen molar-refractivity contribution < 1.29 is 8.42 Å². The minimum Gasteiger partial charge on any atom is -0.319 e. The first-order chi connectivity index (χ1) is 8.06. The molecule has 0 aliphatic rings. The van der Waals surface area contributed by atoms with E-state index < -0.39 is 10.0 Å². The molecule has 0 saturated carbocycles. The zero-order valence-corrected chi connectivity index (χ0v) is 11.1. The van der Waals surface area contributed by atoms with Crippen LogP contribution in [-0.2, 0) is 16.4 Å². The van der Waals surface area contributed by atoms with Crippen LogP contribution < -0.4 is 5.32 Å². The van der Waals surface area contributed by atoms with Crippen LogP contribution in [0.2, 0.25) is 0 Å². The van der Waals surface area contributed by atoms with Gasteiger partial charge in [-0.15, -0.1) is 0 Å². The second kappa shape index (κ2) is 6.68. The first-order valence-corrected chi connectivity index (χ1v) is 7.15. The van der Waals surface area contributed by atoms with E-state index in [-0.39, 0.29) is 5.75 Å². The van der Waals surface area contributed by atoms with Crippen molar-refractivity contribution in [1.82, 2.24) is 14.6 Å². The van der Waals surface area contributed by atoms with Gasteiger partial charge in [0.05, 0.1) is 5.75 Å². The Morgan fingerprint density at radius 2 is 2.18 bits per heavy atom. The van der Waals surface area contributed by atoms with Gasteiger partial charge in [-0.2, -0.15) is 0 Å². The lowest BCUT2D eigenvalue weighted by Crippen LogP contribution is -2.34. The lowest BCUT2D eigenvalue weighted by atomic mass is 10.3. The summed E-state index contributed by atoms with van der Waals surface area (Å²) in [7, 11) is 0.195. The van der Waals surface area contributed by atoms with Crippen molar-refractivity contribution in [2.45, 2.75) is 6.42 Å². The molecule has 6 heteroatoms. The Morgan fingerprint density at radius 3 is 2.76 bits per heavy atom. The maximum atomic E-state index is 11.8. The molecule has 1 aromatic heterocycles. The molecule has 1 heterocycles. The first-order valence-electron chi connectivity index (χ1n) is 5.55. The maximum absolute atomic E-state index is 11.8. The summed E-state index contributed by atoms with van der Waals surface area (Å²) in [5.74, 6) is 0.127. The number of aromatic nitrogens is 1. The number of nitrogens with one attached hydrogen (secondary N) is 1. The normalized spacial score (nSPS) is 11.9. The van der Waals surface area contributed by atoms with Crippen LogP contribution in [0.25, 0.3) is 0 Å². The summed E-state index contributed by atoms with van der Waals surface area (Å²) < 4.78 is 24.9. The topological polar surface area (TPSA) is 62.3 Å². The molecule has 0 aliphatic heterocycles. The highest BCUT2D eigenvalue weighted by Crippen LogP contribution is 2.01. The molecule has 0 saturated heterocycles. The van der Waals surface area contributed by atoms with E-state index in [1.165, 1.54) is 4.31 Å². The SMILES string of the molecule is CNCCS(=O)(=O)N(C)CCc1ccccn1. The Balaban J connectivity index is 2.47. The monoisotopic (exact) mass is 257 g/mol. The largest absolute Gasteiger partial charge is 0.319 e. The third-order valence-electron chi connectivity index (χ3n) is 2.49. The summed E-state index contributed by atoms with van der Waals surface area (Å²) in [6.07, 6.45) is 2.35. The third-order valence-corrected chi connectivity index (χ3v) is 4.35. The summed E-state index contributed by atoms with van der Waals surface area (Å²) in [6, 6.07) is 5.64. The van der Waals surface area contributed by atoms with Crippen molar-refractivity contribution >= 4 is 10.0 Å². The van der Waals surface area contributed by atoms with E-state index in [4.69, 9.17) is 0 Å². The van der Waals surface area contributed by atoms with Crippen molar-refractivity contribution in [1.29, 1.82) is 0 Å². The number of nitrogens with zero attached hydrogens (tertiary/aromatic N) is 2. The smallest absolute Gasteiger partial charge is 0.215 e. The highest BCUT2D eigenvalue weighted by atomic mass is 32.2. The van der Waals surface area contributed by atoms with Gasteiger partial charge in [-0.25, -0.2) is 12.7 Å². The van der Waals surface area contributed by atoms with Gasteiger partial charge in [-0.1, -0.05) is 6.07 Å². The molecule has 96 valence electrons. The molecule has 1 rings (SSSR count). The van der Waals surface area contributed by atoms with Crippen LogP contribution >= 0.6 is 0 Å². The highest BCUT2D eigenvalue weighted by Gasteiger charge is 2.16. The van der Waals surface area contributed by atoms with Gasteiger partial charge in [0, 0.05) is 38.4 Å². The van der Waals surface area contributed by atoms with E-state index in [1.54, 1.807) is 20.3 Å². The molecular formula is C11H19N3O2S. The van der Waals surface area contributed by atoms with Crippen LogP contribution in [0.5, 0.6) is 0 Å². The first kappa shape index (κ1) is 14.1. The molecule has 1 N–H and O–H groups in total. The zero-order valence-electron chi connectivity index (χ0n) is 10.3. The average molecular weight is 257 g/mol. The fraction of sp³-hybridized carbons (Fsp3) is 0.545. The van der Waals surface area contributed by atoms with Crippen LogP contribution in [0, 0.1) is 0 Å². The number of pyridine rings is 1. The zero-order chi connectivity index (χ0) is 12.7. The third kappa shape index (κ3) is 4.80. The van der Waals surface area contributed by atoms with Gasteiger partial charge in [0.15, 0.2) is 0 Å². The quantitative estimate of drug-likeness (QED) is 0.753. The summed E-state index contributed by atoms with van der Waals surface area (Å²) >= 11 is 0. The number of likely N-dealkylation sites (N-methyl/N-ethyl adjacent to an activating group) is 1.